The van der Waals surface area contributed by atoms with Gasteiger partial charge >= 0.3 is 0 Å². The average Bonchev–Trinajstić information content (AvgIpc) is 2.58. The molecule has 0 unspecified atom stereocenters. The lowest BCUT2D eigenvalue weighted by Crippen LogP contribution is -1.99. The summed E-state index contributed by atoms with van der Waals surface area (Å²) >= 11 is 0. The lowest BCUT2D eigenvalue weighted by Gasteiger charge is -2.07. The van der Waals surface area contributed by atoms with Gasteiger partial charge in [0.05, 0.1) is 11.4 Å². The fraction of sp³-hybridized carbons (Fsp3) is 0.357. The van der Waals surface area contributed by atoms with Gasteiger partial charge in [0.15, 0.2) is 0 Å². The highest BCUT2D eigenvalue weighted by Gasteiger charge is 2.13. The van der Waals surface area contributed by atoms with Crippen molar-refractivity contribution in [3.63, 3.8) is 0 Å². The van der Waals surface area contributed by atoms with Crippen LogP contribution < -0.4 is 5.73 Å². The van der Waals surface area contributed by atoms with E-state index in [1.54, 1.807) is 0 Å². The van der Waals surface area contributed by atoms with Crippen LogP contribution in [0, 0.1) is 20.8 Å². The molecule has 0 aliphatic heterocycles. The zero-order valence-electron chi connectivity index (χ0n) is 10.9. The first-order valence-electron chi connectivity index (χ1n) is 5.84. The molecule has 90 valence electrons. The van der Waals surface area contributed by atoms with Gasteiger partial charge in [0.25, 0.3) is 0 Å². The molecule has 2 aromatic rings. The summed E-state index contributed by atoms with van der Waals surface area (Å²) in [6.07, 6.45) is 0. The Bertz CT molecular complexity index is 553. The van der Waals surface area contributed by atoms with Crippen LogP contribution in [0.1, 0.15) is 22.4 Å². The van der Waals surface area contributed by atoms with Crippen LogP contribution in [0.3, 0.4) is 0 Å². The van der Waals surface area contributed by atoms with E-state index in [0.717, 1.165) is 11.4 Å². The van der Waals surface area contributed by atoms with Gasteiger partial charge in [0, 0.05) is 19.2 Å². The number of hydrogen-bond donors (Lipinski definition) is 1. The monoisotopic (exact) mass is 229 g/mol. The molecule has 0 amide bonds. The zero-order valence-corrected chi connectivity index (χ0v) is 10.9. The largest absolute Gasteiger partial charge is 0.325 e. The van der Waals surface area contributed by atoms with Crippen LogP contribution in [0.5, 0.6) is 0 Å². The summed E-state index contributed by atoms with van der Waals surface area (Å²) < 4.78 is 1.92. The van der Waals surface area contributed by atoms with E-state index in [4.69, 9.17) is 5.73 Å². The number of aromatic nitrogens is 2. The maximum absolute atomic E-state index is 5.69. The summed E-state index contributed by atoms with van der Waals surface area (Å²) in [5.41, 5.74) is 12.8. The van der Waals surface area contributed by atoms with E-state index in [1.165, 1.54) is 22.3 Å². The molecule has 0 aliphatic rings. The van der Waals surface area contributed by atoms with Gasteiger partial charge in [0.1, 0.15) is 0 Å². The molecule has 0 atom stereocenters. The minimum atomic E-state index is 0.491. The van der Waals surface area contributed by atoms with Crippen LogP contribution in [0.4, 0.5) is 0 Å². The second kappa shape index (κ2) is 4.34. The first-order chi connectivity index (χ1) is 8.04. The third-order valence-electron chi connectivity index (χ3n) is 3.36. The smallest absolute Gasteiger partial charge is 0.0795 e. The molecule has 17 heavy (non-hydrogen) atoms. The van der Waals surface area contributed by atoms with Gasteiger partial charge in [-0.3, -0.25) is 4.68 Å². The molecule has 0 fully saturated rings. The lowest BCUT2D eigenvalue weighted by atomic mass is 10.0. The van der Waals surface area contributed by atoms with Crippen molar-refractivity contribution in [2.75, 3.05) is 0 Å². The highest BCUT2D eigenvalue weighted by Crippen LogP contribution is 2.26. The van der Waals surface area contributed by atoms with Crippen molar-refractivity contribution in [2.45, 2.75) is 27.3 Å². The van der Waals surface area contributed by atoms with E-state index >= 15 is 0 Å². The number of hydrogen-bond acceptors (Lipinski definition) is 2. The molecule has 0 aliphatic carbocycles. The van der Waals surface area contributed by atoms with E-state index in [0.29, 0.717) is 6.54 Å². The number of rotatable bonds is 2. The Labute approximate surface area is 102 Å². The van der Waals surface area contributed by atoms with Crippen molar-refractivity contribution in [3.8, 4) is 11.3 Å². The van der Waals surface area contributed by atoms with Gasteiger partial charge in [-0.05, 0) is 43.5 Å². The van der Waals surface area contributed by atoms with E-state index < -0.39 is 0 Å². The summed E-state index contributed by atoms with van der Waals surface area (Å²) in [6.45, 7) is 6.83. The SMILES string of the molecule is Cc1ccc(-c2c(C)c(CN)nn2C)cc1C. The first kappa shape index (κ1) is 11.9. The van der Waals surface area contributed by atoms with Gasteiger partial charge < -0.3 is 5.73 Å². The zero-order chi connectivity index (χ0) is 12.6. The summed E-state index contributed by atoms with van der Waals surface area (Å²) in [4.78, 5) is 0. The summed E-state index contributed by atoms with van der Waals surface area (Å²) in [6, 6.07) is 6.51. The fourth-order valence-corrected chi connectivity index (χ4v) is 2.17. The lowest BCUT2D eigenvalue weighted by molar-refractivity contribution is 0.749. The number of benzene rings is 1. The van der Waals surface area contributed by atoms with E-state index in [2.05, 4.69) is 44.1 Å². The van der Waals surface area contributed by atoms with Gasteiger partial charge in [-0.15, -0.1) is 0 Å². The predicted octanol–water partition coefficient (Wildman–Crippen LogP) is 2.47. The van der Waals surface area contributed by atoms with Crippen LogP contribution in [-0.2, 0) is 13.6 Å². The highest BCUT2D eigenvalue weighted by molar-refractivity contribution is 5.65. The summed E-state index contributed by atoms with van der Waals surface area (Å²) in [7, 11) is 1.97. The Balaban J connectivity index is 2.60. The molecule has 1 aromatic carbocycles. The van der Waals surface area contributed by atoms with E-state index in [1.807, 2.05) is 11.7 Å². The van der Waals surface area contributed by atoms with Crippen LogP contribution in [0.2, 0.25) is 0 Å². The number of nitrogens with zero attached hydrogens (tertiary/aromatic N) is 2. The Morgan fingerprint density at radius 3 is 2.41 bits per heavy atom. The first-order valence-corrected chi connectivity index (χ1v) is 5.84. The minimum absolute atomic E-state index is 0.491. The minimum Gasteiger partial charge on any atom is -0.325 e. The molecule has 1 aromatic heterocycles. The normalized spacial score (nSPS) is 10.9. The van der Waals surface area contributed by atoms with Gasteiger partial charge in [0.2, 0.25) is 0 Å². The van der Waals surface area contributed by atoms with Crippen LogP contribution in [-0.4, -0.2) is 9.78 Å². The van der Waals surface area contributed by atoms with Crippen molar-refractivity contribution in [1.82, 2.24) is 9.78 Å². The van der Waals surface area contributed by atoms with Crippen LogP contribution in [0.15, 0.2) is 18.2 Å². The Morgan fingerprint density at radius 1 is 1.18 bits per heavy atom. The Kier molecular flexibility index (Phi) is 3.03. The van der Waals surface area contributed by atoms with Crippen molar-refractivity contribution >= 4 is 0 Å². The second-order valence-corrected chi connectivity index (χ2v) is 4.55. The Hall–Kier alpha value is -1.61. The van der Waals surface area contributed by atoms with Crippen molar-refractivity contribution < 1.29 is 0 Å². The van der Waals surface area contributed by atoms with E-state index in [9.17, 15) is 0 Å². The van der Waals surface area contributed by atoms with Crippen molar-refractivity contribution in [2.24, 2.45) is 12.8 Å². The van der Waals surface area contributed by atoms with Crippen molar-refractivity contribution in [3.05, 3.63) is 40.6 Å². The van der Waals surface area contributed by atoms with Crippen molar-refractivity contribution in [1.29, 1.82) is 0 Å². The van der Waals surface area contributed by atoms with Gasteiger partial charge in [-0.1, -0.05) is 12.1 Å². The Morgan fingerprint density at radius 2 is 1.88 bits per heavy atom. The third kappa shape index (κ3) is 1.98. The third-order valence-corrected chi connectivity index (χ3v) is 3.36. The number of aryl methyl sites for hydroxylation is 3. The van der Waals surface area contributed by atoms with Crippen LogP contribution in [0.25, 0.3) is 11.3 Å². The quantitative estimate of drug-likeness (QED) is 0.859. The fourth-order valence-electron chi connectivity index (χ4n) is 2.17. The molecular weight excluding hydrogens is 210 g/mol. The molecule has 0 radical (unpaired) electrons. The predicted molar refractivity (Wildman–Crippen MR) is 70.7 cm³/mol. The topological polar surface area (TPSA) is 43.8 Å². The second-order valence-electron chi connectivity index (χ2n) is 4.55. The molecule has 2 rings (SSSR count). The molecule has 0 saturated heterocycles. The summed E-state index contributed by atoms with van der Waals surface area (Å²) in [5.74, 6) is 0. The maximum atomic E-state index is 5.69. The molecule has 0 bridgehead atoms. The standard InChI is InChI=1S/C14H19N3/c1-9-5-6-12(7-10(9)2)14-11(3)13(8-15)16-17(14)4/h5-7H,8,15H2,1-4H3. The molecule has 0 saturated carbocycles. The van der Waals surface area contributed by atoms with Gasteiger partial charge in [-0.25, -0.2) is 0 Å². The molecular formula is C14H19N3. The van der Waals surface area contributed by atoms with Crippen LogP contribution >= 0.6 is 0 Å². The highest BCUT2D eigenvalue weighted by atomic mass is 15.3. The molecule has 1 heterocycles. The molecule has 0 spiro atoms. The maximum Gasteiger partial charge on any atom is 0.0795 e. The number of nitrogens with two attached hydrogens (primary N) is 1. The molecule has 3 nitrogen and oxygen atoms in total. The average molecular weight is 229 g/mol. The van der Waals surface area contributed by atoms with Gasteiger partial charge in [-0.2, -0.15) is 5.10 Å². The van der Waals surface area contributed by atoms with E-state index in [-0.39, 0.29) is 0 Å². The molecule has 3 heteroatoms. The summed E-state index contributed by atoms with van der Waals surface area (Å²) in [5, 5.41) is 4.45. The molecule has 2 N–H and O–H groups in total.